The molecule has 0 saturated heterocycles. The second kappa shape index (κ2) is 6.60. The van der Waals surface area contributed by atoms with Crippen LogP contribution in [0.3, 0.4) is 0 Å². The molecule has 0 N–H and O–H groups in total. The third-order valence-electron chi connectivity index (χ3n) is 5.49. The number of fused-ring (bicyclic) bond motifs is 1. The molecule has 1 aromatic carbocycles. The van der Waals surface area contributed by atoms with Crippen molar-refractivity contribution in [1.82, 2.24) is 19.4 Å². The zero-order valence-electron chi connectivity index (χ0n) is 15.3. The van der Waals surface area contributed by atoms with Gasteiger partial charge in [-0.1, -0.05) is 24.3 Å². The topological polar surface area (TPSA) is 51.0 Å². The molecule has 0 spiro atoms. The Hall–Kier alpha value is -2.47. The van der Waals surface area contributed by atoms with E-state index in [0.717, 1.165) is 35.9 Å². The van der Waals surface area contributed by atoms with Crippen LogP contribution in [0.15, 0.2) is 42.0 Å². The Morgan fingerprint density at radius 1 is 1.30 bits per heavy atom. The number of benzene rings is 1. The van der Waals surface area contributed by atoms with Gasteiger partial charge in [0.15, 0.2) is 0 Å². The van der Waals surface area contributed by atoms with Crippen LogP contribution in [0.25, 0.3) is 0 Å². The van der Waals surface area contributed by atoms with Crippen molar-refractivity contribution in [3.63, 3.8) is 0 Å². The van der Waals surface area contributed by atoms with Gasteiger partial charge in [0.25, 0.3) is 0 Å². The number of thiazole rings is 1. The summed E-state index contributed by atoms with van der Waals surface area (Å²) in [6, 6.07) is 8.48. The highest BCUT2D eigenvalue weighted by Crippen LogP contribution is 2.37. The van der Waals surface area contributed by atoms with Crippen LogP contribution in [0.5, 0.6) is 0 Å². The summed E-state index contributed by atoms with van der Waals surface area (Å²) < 4.78 is 2.18. The van der Waals surface area contributed by atoms with E-state index in [1.165, 1.54) is 11.1 Å². The summed E-state index contributed by atoms with van der Waals surface area (Å²) in [5.41, 5.74) is 3.59. The van der Waals surface area contributed by atoms with Crippen molar-refractivity contribution in [3.8, 4) is 0 Å². The monoisotopic (exact) mass is 378 g/mol. The molecule has 1 fully saturated rings. The van der Waals surface area contributed by atoms with Gasteiger partial charge in [-0.25, -0.2) is 9.97 Å². The van der Waals surface area contributed by atoms with Gasteiger partial charge < -0.3 is 9.47 Å². The van der Waals surface area contributed by atoms with Crippen LogP contribution >= 0.6 is 11.3 Å². The number of aromatic nitrogens is 3. The number of hydrogen-bond acceptors (Lipinski definition) is 4. The number of carbonyl (C=O) groups excluding carboxylic acids is 1. The molecule has 0 radical (unpaired) electrons. The van der Waals surface area contributed by atoms with Crippen molar-refractivity contribution in [1.29, 1.82) is 0 Å². The summed E-state index contributed by atoms with van der Waals surface area (Å²) in [6.45, 7) is 4.17. The van der Waals surface area contributed by atoms with E-state index in [1.807, 2.05) is 24.2 Å². The van der Waals surface area contributed by atoms with E-state index in [-0.39, 0.29) is 11.8 Å². The van der Waals surface area contributed by atoms with E-state index in [9.17, 15) is 4.79 Å². The second-order valence-corrected chi connectivity index (χ2v) is 8.58. The van der Waals surface area contributed by atoms with Crippen molar-refractivity contribution >= 4 is 17.2 Å². The molecule has 1 aliphatic heterocycles. The van der Waals surface area contributed by atoms with Crippen LogP contribution in [-0.2, 0) is 17.9 Å². The van der Waals surface area contributed by atoms with Crippen LogP contribution in [-0.4, -0.2) is 31.9 Å². The van der Waals surface area contributed by atoms with Gasteiger partial charge in [-0.2, -0.15) is 0 Å². The fourth-order valence-corrected chi connectivity index (χ4v) is 4.61. The molecule has 1 atom stereocenters. The first kappa shape index (κ1) is 16.7. The summed E-state index contributed by atoms with van der Waals surface area (Å²) in [5.74, 6) is 1.67. The molecule has 1 amide bonds. The minimum Gasteiger partial charge on any atom is -0.337 e. The predicted octanol–water partition coefficient (Wildman–Crippen LogP) is 3.58. The van der Waals surface area contributed by atoms with E-state index < -0.39 is 0 Å². The Morgan fingerprint density at radius 2 is 2.15 bits per heavy atom. The minimum atomic E-state index is 0.104. The molecule has 3 heterocycles. The standard InChI is InChI=1S/C21H22N4OS/c1-14-23-17(13-27-14)11-24-9-8-22-20(24)19-12-25(21(26)15-6-7-15)10-16-4-2-3-5-18(16)19/h2-5,8-9,13,15,19H,6-7,10-12H2,1H3/t19-/m1/s1. The first-order valence-electron chi connectivity index (χ1n) is 9.47. The van der Waals surface area contributed by atoms with Gasteiger partial charge in [-0.3, -0.25) is 4.79 Å². The number of amides is 1. The predicted molar refractivity (Wildman–Crippen MR) is 105 cm³/mol. The van der Waals surface area contributed by atoms with E-state index in [4.69, 9.17) is 4.98 Å². The Labute approximate surface area is 162 Å². The smallest absolute Gasteiger partial charge is 0.226 e. The average Bonchev–Trinajstić information content (AvgIpc) is 3.31. The summed E-state index contributed by atoms with van der Waals surface area (Å²) in [6.07, 6.45) is 5.96. The van der Waals surface area contributed by atoms with E-state index >= 15 is 0 Å². The molecule has 3 aromatic rings. The molecule has 6 heteroatoms. The zero-order chi connectivity index (χ0) is 18.4. The molecule has 2 aliphatic rings. The number of carbonyl (C=O) groups is 1. The molecule has 5 nitrogen and oxygen atoms in total. The Morgan fingerprint density at radius 3 is 2.93 bits per heavy atom. The maximum atomic E-state index is 12.8. The van der Waals surface area contributed by atoms with Gasteiger partial charge in [0.1, 0.15) is 5.82 Å². The molecule has 0 unspecified atom stereocenters. The SMILES string of the molecule is Cc1nc(Cn2ccnc2[C@@H]2CN(C(=O)C3CC3)Cc3ccccc32)cs1. The lowest BCUT2D eigenvalue weighted by molar-refractivity contribution is -0.133. The zero-order valence-corrected chi connectivity index (χ0v) is 16.2. The molecule has 2 aromatic heterocycles. The van der Waals surface area contributed by atoms with Gasteiger partial charge >= 0.3 is 0 Å². The quantitative estimate of drug-likeness (QED) is 0.697. The Bertz CT molecular complexity index is 987. The highest BCUT2D eigenvalue weighted by molar-refractivity contribution is 7.09. The van der Waals surface area contributed by atoms with E-state index in [1.54, 1.807) is 11.3 Å². The number of nitrogens with zero attached hydrogens (tertiary/aromatic N) is 4. The molecule has 27 heavy (non-hydrogen) atoms. The van der Waals surface area contributed by atoms with Crippen LogP contribution in [0, 0.1) is 12.8 Å². The highest BCUT2D eigenvalue weighted by atomic mass is 32.1. The van der Waals surface area contributed by atoms with Crippen molar-refractivity contribution < 1.29 is 4.79 Å². The van der Waals surface area contributed by atoms with Crippen molar-refractivity contribution in [2.24, 2.45) is 5.92 Å². The van der Waals surface area contributed by atoms with Crippen LogP contribution < -0.4 is 0 Å². The maximum Gasteiger partial charge on any atom is 0.226 e. The summed E-state index contributed by atoms with van der Waals surface area (Å²) in [5, 5.41) is 3.19. The normalized spacial score (nSPS) is 19.1. The maximum absolute atomic E-state index is 12.8. The number of imidazole rings is 1. The molecule has 0 bridgehead atoms. The molecule has 1 saturated carbocycles. The summed E-state index contributed by atoms with van der Waals surface area (Å²) in [7, 11) is 0. The first-order chi connectivity index (χ1) is 13.2. The van der Waals surface area contributed by atoms with E-state index in [2.05, 4.69) is 39.2 Å². The van der Waals surface area contributed by atoms with Gasteiger partial charge in [-0.05, 0) is 30.9 Å². The van der Waals surface area contributed by atoms with Crippen LogP contribution in [0.2, 0.25) is 0 Å². The average molecular weight is 379 g/mol. The lowest BCUT2D eigenvalue weighted by Gasteiger charge is -2.34. The largest absolute Gasteiger partial charge is 0.337 e. The number of rotatable bonds is 4. The summed E-state index contributed by atoms with van der Waals surface area (Å²) in [4.78, 5) is 24.1. The van der Waals surface area contributed by atoms with Gasteiger partial charge in [0, 0.05) is 36.8 Å². The van der Waals surface area contributed by atoms with Gasteiger partial charge in [0.05, 0.1) is 23.2 Å². The van der Waals surface area contributed by atoms with Gasteiger partial charge in [-0.15, -0.1) is 11.3 Å². The summed E-state index contributed by atoms with van der Waals surface area (Å²) >= 11 is 1.67. The Balaban J connectivity index is 1.50. The van der Waals surface area contributed by atoms with Crippen molar-refractivity contribution in [2.45, 2.75) is 38.8 Å². The lowest BCUT2D eigenvalue weighted by atomic mass is 9.88. The number of hydrogen-bond donors (Lipinski definition) is 0. The molecular formula is C21H22N4OS. The molecule has 5 rings (SSSR count). The second-order valence-electron chi connectivity index (χ2n) is 7.52. The molecule has 1 aliphatic carbocycles. The van der Waals surface area contributed by atoms with Crippen LogP contribution in [0.1, 0.15) is 46.4 Å². The van der Waals surface area contributed by atoms with Crippen molar-refractivity contribution in [2.75, 3.05) is 6.54 Å². The first-order valence-corrected chi connectivity index (χ1v) is 10.4. The lowest BCUT2D eigenvalue weighted by Crippen LogP contribution is -2.40. The fourth-order valence-electron chi connectivity index (χ4n) is 4.00. The third kappa shape index (κ3) is 3.18. The van der Waals surface area contributed by atoms with Crippen molar-refractivity contribution in [3.05, 3.63) is 69.7 Å². The molecular weight excluding hydrogens is 356 g/mol. The molecule has 138 valence electrons. The minimum absolute atomic E-state index is 0.104. The highest BCUT2D eigenvalue weighted by Gasteiger charge is 2.38. The Kier molecular flexibility index (Phi) is 4.08. The van der Waals surface area contributed by atoms with Gasteiger partial charge in [0.2, 0.25) is 5.91 Å². The van der Waals surface area contributed by atoms with E-state index in [0.29, 0.717) is 19.0 Å². The fraction of sp³-hybridized carbons (Fsp3) is 0.381. The number of aryl methyl sites for hydroxylation is 1. The third-order valence-corrected chi connectivity index (χ3v) is 6.31. The van der Waals surface area contributed by atoms with Crippen LogP contribution in [0.4, 0.5) is 0 Å².